The molecule has 1 aromatic heterocycles. The van der Waals surface area contributed by atoms with Gasteiger partial charge < -0.3 is 0 Å². The molecule has 1 aliphatic rings. The molecule has 0 radical (unpaired) electrons. The van der Waals surface area contributed by atoms with Crippen LogP contribution < -0.4 is 0 Å². The van der Waals surface area contributed by atoms with Gasteiger partial charge in [0.25, 0.3) is 0 Å². The third-order valence-electron chi connectivity index (χ3n) is 2.94. The molecule has 0 saturated heterocycles. The zero-order valence-corrected chi connectivity index (χ0v) is 8.95. The van der Waals surface area contributed by atoms with Crippen LogP contribution in [0.1, 0.15) is 43.6 Å². The van der Waals surface area contributed by atoms with Gasteiger partial charge in [0.1, 0.15) is 6.33 Å². The van der Waals surface area contributed by atoms with Crippen molar-refractivity contribution in [3.8, 4) is 0 Å². The van der Waals surface area contributed by atoms with E-state index < -0.39 is 0 Å². The zero-order valence-electron chi connectivity index (χ0n) is 8.19. The van der Waals surface area contributed by atoms with Crippen LogP contribution in [0.15, 0.2) is 18.7 Å². The van der Waals surface area contributed by atoms with E-state index in [1.54, 1.807) is 6.33 Å². The lowest BCUT2D eigenvalue weighted by Gasteiger charge is -2.18. The standard InChI is InChI=1S/C11H15ClN2/c12-11-5-3-1-2-4-10(11)9-6-13-8-14-7-9/h6-8,10-11H,1-5H2. The summed E-state index contributed by atoms with van der Waals surface area (Å²) in [4.78, 5) is 8.11. The van der Waals surface area contributed by atoms with Crippen molar-refractivity contribution >= 4 is 11.6 Å². The zero-order chi connectivity index (χ0) is 9.80. The molecule has 3 heteroatoms. The van der Waals surface area contributed by atoms with Crippen LogP contribution in [0.5, 0.6) is 0 Å². The molecule has 2 rings (SSSR count). The molecule has 1 saturated carbocycles. The predicted octanol–water partition coefficient (Wildman–Crippen LogP) is 3.13. The second kappa shape index (κ2) is 4.74. The van der Waals surface area contributed by atoms with Crippen molar-refractivity contribution in [3.63, 3.8) is 0 Å². The van der Waals surface area contributed by atoms with Gasteiger partial charge in [0.05, 0.1) is 0 Å². The first-order valence-corrected chi connectivity index (χ1v) is 5.70. The normalized spacial score (nSPS) is 28.4. The molecule has 0 spiro atoms. The first-order valence-electron chi connectivity index (χ1n) is 5.27. The van der Waals surface area contributed by atoms with E-state index in [0.29, 0.717) is 5.92 Å². The third-order valence-corrected chi connectivity index (χ3v) is 3.46. The van der Waals surface area contributed by atoms with Gasteiger partial charge in [-0.25, -0.2) is 9.97 Å². The van der Waals surface area contributed by atoms with Gasteiger partial charge in [-0.3, -0.25) is 0 Å². The fourth-order valence-electron chi connectivity index (χ4n) is 2.14. The van der Waals surface area contributed by atoms with Crippen LogP contribution in [0.2, 0.25) is 0 Å². The Labute approximate surface area is 89.7 Å². The molecule has 76 valence electrons. The van der Waals surface area contributed by atoms with E-state index >= 15 is 0 Å². The third kappa shape index (κ3) is 2.24. The predicted molar refractivity (Wildman–Crippen MR) is 57.5 cm³/mol. The SMILES string of the molecule is ClC1CCCCCC1c1cncnc1. The molecule has 0 aromatic carbocycles. The number of rotatable bonds is 1. The van der Waals surface area contributed by atoms with Gasteiger partial charge in [0, 0.05) is 23.7 Å². The largest absolute Gasteiger partial charge is 0.245 e. The van der Waals surface area contributed by atoms with Crippen LogP contribution in [0.3, 0.4) is 0 Å². The molecule has 0 bridgehead atoms. The van der Waals surface area contributed by atoms with Crippen LogP contribution in [0.4, 0.5) is 0 Å². The fourth-order valence-corrected chi connectivity index (χ4v) is 2.57. The molecule has 2 nitrogen and oxygen atoms in total. The van der Waals surface area contributed by atoms with Gasteiger partial charge in [0.2, 0.25) is 0 Å². The Hall–Kier alpha value is -0.630. The number of alkyl halides is 1. The van der Waals surface area contributed by atoms with Crippen molar-refractivity contribution in [2.45, 2.75) is 43.4 Å². The van der Waals surface area contributed by atoms with Crippen molar-refractivity contribution in [3.05, 3.63) is 24.3 Å². The number of halogens is 1. The number of hydrogen-bond acceptors (Lipinski definition) is 2. The Kier molecular flexibility index (Phi) is 3.35. The maximum atomic E-state index is 6.37. The highest BCUT2D eigenvalue weighted by Crippen LogP contribution is 2.34. The summed E-state index contributed by atoms with van der Waals surface area (Å²) in [5.74, 6) is 0.459. The van der Waals surface area contributed by atoms with Gasteiger partial charge in [-0.05, 0) is 18.4 Å². The monoisotopic (exact) mass is 210 g/mol. The fraction of sp³-hybridized carbons (Fsp3) is 0.636. The Morgan fingerprint density at radius 3 is 2.57 bits per heavy atom. The number of aromatic nitrogens is 2. The number of hydrogen-bond donors (Lipinski definition) is 0. The number of nitrogens with zero attached hydrogens (tertiary/aromatic N) is 2. The average Bonchev–Trinajstić information content (AvgIpc) is 2.44. The molecule has 1 aromatic rings. The minimum absolute atomic E-state index is 0.267. The minimum atomic E-state index is 0.267. The molecule has 0 N–H and O–H groups in total. The van der Waals surface area contributed by atoms with Gasteiger partial charge in [-0.15, -0.1) is 11.6 Å². The minimum Gasteiger partial charge on any atom is -0.245 e. The summed E-state index contributed by atoms with van der Waals surface area (Å²) in [7, 11) is 0. The van der Waals surface area contributed by atoms with Crippen molar-refractivity contribution in [2.75, 3.05) is 0 Å². The van der Waals surface area contributed by atoms with Crippen LogP contribution in [0, 0.1) is 0 Å². The topological polar surface area (TPSA) is 25.8 Å². The maximum absolute atomic E-state index is 6.37. The molecule has 2 unspecified atom stereocenters. The van der Waals surface area contributed by atoms with Crippen molar-refractivity contribution in [1.29, 1.82) is 0 Å². The summed E-state index contributed by atoms with van der Waals surface area (Å²) in [6.45, 7) is 0. The van der Waals surface area contributed by atoms with E-state index in [2.05, 4.69) is 9.97 Å². The van der Waals surface area contributed by atoms with E-state index in [-0.39, 0.29) is 5.38 Å². The highest BCUT2D eigenvalue weighted by atomic mass is 35.5. The second-order valence-corrected chi connectivity index (χ2v) is 4.49. The van der Waals surface area contributed by atoms with Crippen LogP contribution >= 0.6 is 11.6 Å². The molecule has 1 heterocycles. The molecule has 0 amide bonds. The van der Waals surface area contributed by atoms with Gasteiger partial charge in [0.15, 0.2) is 0 Å². The van der Waals surface area contributed by atoms with Crippen molar-refractivity contribution in [2.24, 2.45) is 0 Å². The molecular formula is C11H15ClN2. The Bertz CT molecular complexity index is 276. The highest BCUT2D eigenvalue weighted by Gasteiger charge is 2.23. The molecule has 0 aliphatic heterocycles. The van der Waals surface area contributed by atoms with E-state index in [4.69, 9.17) is 11.6 Å². The first-order chi connectivity index (χ1) is 6.88. The molecule has 1 aliphatic carbocycles. The summed E-state index contributed by atoms with van der Waals surface area (Å²) >= 11 is 6.37. The average molecular weight is 211 g/mol. The first kappa shape index (κ1) is 9.91. The lowest BCUT2D eigenvalue weighted by atomic mass is 9.94. The van der Waals surface area contributed by atoms with Gasteiger partial charge in [-0.2, -0.15) is 0 Å². The summed E-state index contributed by atoms with van der Waals surface area (Å²) in [5, 5.41) is 0.267. The van der Waals surface area contributed by atoms with Gasteiger partial charge in [-0.1, -0.05) is 19.3 Å². The van der Waals surface area contributed by atoms with E-state index in [9.17, 15) is 0 Å². The summed E-state index contributed by atoms with van der Waals surface area (Å²) in [5.41, 5.74) is 1.20. The molecule has 14 heavy (non-hydrogen) atoms. The van der Waals surface area contributed by atoms with E-state index in [0.717, 1.165) is 6.42 Å². The van der Waals surface area contributed by atoms with Gasteiger partial charge >= 0.3 is 0 Å². The quantitative estimate of drug-likeness (QED) is 0.526. The van der Waals surface area contributed by atoms with Crippen LogP contribution in [-0.4, -0.2) is 15.3 Å². The lowest BCUT2D eigenvalue weighted by molar-refractivity contribution is 0.595. The smallest absolute Gasteiger partial charge is 0.115 e. The maximum Gasteiger partial charge on any atom is 0.115 e. The van der Waals surface area contributed by atoms with Crippen molar-refractivity contribution in [1.82, 2.24) is 9.97 Å². The van der Waals surface area contributed by atoms with Crippen molar-refractivity contribution < 1.29 is 0 Å². The van der Waals surface area contributed by atoms with Crippen LogP contribution in [0.25, 0.3) is 0 Å². The summed E-state index contributed by atoms with van der Waals surface area (Å²) < 4.78 is 0. The Balaban J connectivity index is 2.15. The van der Waals surface area contributed by atoms with E-state index in [1.165, 1.54) is 31.2 Å². The summed E-state index contributed by atoms with van der Waals surface area (Å²) in [6, 6.07) is 0. The lowest BCUT2D eigenvalue weighted by Crippen LogP contribution is -2.11. The Morgan fingerprint density at radius 2 is 1.79 bits per heavy atom. The molecule has 2 atom stereocenters. The Morgan fingerprint density at radius 1 is 1.07 bits per heavy atom. The highest BCUT2D eigenvalue weighted by molar-refractivity contribution is 6.21. The van der Waals surface area contributed by atoms with E-state index in [1.807, 2.05) is 12.4 Å². The molecular weight excluding hydrogens is 196 g/mol. The van der Waals surface area contributed by atoms with Crippen LogP contribution in [-0.2, 0) is 0 Å². The summed E-state index contributed by atoms with van der Waals surface area (Å²) in [6.07, 6.45) is 11.5. The second-order valence-electron chi connectivity index (χ2n) is 3.93. The molecule has 1 fully saturated rings.